The molecule has 0 atom stereocenters. The Bertz CT molecular complexity index is 505. The molecule has 0 unspecified atom stereocenters. The number of fused-ring (bicyclic) bond motifs is 1. The van der Waals surface area contributed by atoms with Gasteiger partial charge >= 0.3 is 0 Å². The zero-order valence-corrected chi connectivity index (χ0v) is 8.51. The van der Waals surface area contributed by atoms with Crippen LogP contribution >= 0.6 is 0 Å². The van der Waals surface area contributed by atoms with Crippen LogP contribution in [-0.4, -0.2) is 15.7 Å². The van der Waals surface area contributed by atoms with Crippen molar-refractivity contribution in [2.45, 2.75) is 13.3 Å². The average Bonchev–Trinajstić information content (AvgIpc) is 2.30. The lowest BCUT2D eigenvalue weighted by Gasteiger charge is -2.02. The average molecular weight is 200 g/mol. The van der Waals surface area contributed by atoms with Crippen LogP contribution in [0.5, 0.6) is 0 Å². The number of hydrogen-bond donors (Lipinski definition) is 1. The third kappa shape index (κ3) is 1.79. The first-order valence-electron chi connectivity index (χ1n) is 4.84. The molecule has 1 aromatic carbocycles. The second-order valence-corrected chi connectivity index (χ2v) is 3.17. The number of nitrogens with zero attached hydrogens (tertiary/aromatic N) is 3. The molecule has 0 fully saturated rings. The van der Waals surface area contributed by atoms with Gasteiger partial charge in [-0.3, -0.25) is 4.98 Å². The molecule has 0 aliphatic carbocycles. The monoisotopic (exact) mass is 200 g/mol. The molecule has 2 aromatic rings. The van der Waals surface area contributed by atoms with Gasteiger partial charge < -0.3 is 5.84 Å². The normalized spacial score (nSPS) is 11.9. The number of aromatic nitrogens is 2. The largest absolute Gasteiger partial charge is 0.323 e. The Morgan fingerprint density at radius 3 is 2.73 bits per heavy atom. The standard InChI is InChI=1S/C11H12N4/c1-2-8(15-12)11-7-13-9-5-3-4-6-10(9)14-11/h3-7H,2,12H2,1H3/b15-8-. The molecule has 2 N–H and O–H groups in total. The van der Waals surface area contributed by atoms with Gasteiger partial charge in [0.2, 0.25) is 0 Å². The van der Waals surface area contributed by atoms with Crippen LogP contribution in [0.4, 0.5) is 0 Å². The minimum Gasteiger partial charge on any atom is -0.323 e. The van der Waals surface area contributed by atoms with Crippen molar-refractivity contribution in [3.05, 3.63) is 36.2 Å². The van der Waals surface area contributed by atoms with Gasteiger partial charge in [-0.05, 0) is 18.6 Å². The van der Waals surface area contributed by atoms with Crippen LogP contribution in [0.25, 0.3) is 11.0 Å². The van der Waals surface area contributed by atoms with Crippen LogP contribution in [0, 0.1) is 0 Å². The molecule has 0 aliphatic heterocycles. The van der Waals surface area contributed by atoms with E-state index in [9.17, 15) is 0 Å². The van der Waals surface area contributed by atoms with Crippen molar-refractivity contribution in [1.82, 2.24) is 9.97 Å². The summed E-state index contributed by atoms with van der Waals surface area (Å²) in [4.78, 5) is 8.74. The molecule has 4 heteroatoms. The maximum absolute atomic E-state index is 5.28. The quantitative estimate of drug-likeness (QED) is 0.456. The summed E-state index contributed by atoms with van der Waals surface area (Å²) in [6.07, 6.45) is 2.46. The Balaban J connectivity index is 2.56. The number of rotatable bonds is 2. The summed E-state index contributed by atoms with van der Waals surface area (Å²) in [5, 5.41) is 3.70. The van der Waals surface area contributed by atoms with E-state index >= 15 is 0 Å². The highest BCUT2D eigenvalue weighted by atomic mass is 15.1. The van der Waals surface area contributed by atoms with Crippen LogP contribution in [0.1, 0.15) is 19.0 Å². The van der Waals surface area contributed by atoms with Crippen molar-refractivity contribution >= 4 is 16.7 Å². The van der Waals surface area contributed by atoms with Crippen LogP contribution in [0.3, 0.4) is 0 Å². The Kier molecular flexibility index (Phi) is 2.58. The molecule has 1 heterocycles. The first-order chi connectivity index (χ1) is 7.35. The van der Waals surface area contributed by atoms with Gasteiger partial charge in [-0.1, -0.05) is 19.1 Å². The Morgan fingerprint density at radius 2 is 2.07 bits per heavy atom. The molecule has 0 saturated heterocycles. The summed E-state index contributed by atoms with van der Waals surface area (Å²) in [6, 6.07) is 7.73. The first kappa shape index (κ1) is 9.58. The van der Waals surface area contributed by atoms with Crippen molar-refractivity contribution < 1.29 is 0 Å². The smallest absolute Gasteiger partial charge is 0.105 e. The predicted molar refractivity (Wildman–Crippen MR) is 60.6 cm³/mol. The van der Waals surface area contributed by atoms with Crippen LogP contribution in [-0.2, 0) is 0 Å². The molecular weight excluding hydrogens is 188 g/mol. The fourth-order valence-corrected chi connectivity index (χ4v) is 1.43. The number of benzene rings is 1. The highest BCUT2D eigenvalue weighted by Crippen LogP contribution is 2.09. The van der Waals surface area contributed by atoms with E-state index in [0.717, 1.165) is 28.9 Å². The molecule has 1 aromatic heterocycles. The third-order valence-corrected chi connectivity index (χ3v) is 2.23. The van der Waals surface area contributed by atoms with Gasteiger partial charge in [0.25, 0.3) is 0 Å². The summed E-state index contributed by atoms with van der Waals surface area (Å²) in [6.45, 7) is 1.99. The summed E-state index contributed by atoms with van der Waals surface area (Å²) >= 11 is 0. The Labute approximate surface area is 87.9 Å². The van der Waals surface area contributed by atoms with E-state index in [-0.39, 0.29) is 0 Å². The first-order valence-corrected chi connectivity index (χ1v) is 4.84. The van der Waals surface area contributed by atoms with Gasteiger partial charge in [-0.2, -0.15) is 5.10 Å². The lowest BCUT2D eigenvalue weighted by atomic mass is 10.2. The molecule has 0 saturated carbocycles. The fourth-order valence-electron chi connectivity index (χ4n) is 1.43. The third-order valence-electron chi connectivity index (χ3n) is 2.23. The molecule has 0 bridgehead atoms. The molecule has 0 spiro atoms. The minimum absolute atomic E-state index is 0.749. The van der Waals surface area contributed by atoms with Gasteiger partial charge in [0.05, 0.1) is 22.9 Å². The van der Waals surface area contributed by atoms with Gasteiger partial charge in [0, 0.05) is 0 Å². The lowest BCUT2D eigenvalue weighted by molar-refractivity contribution is 1.14. The number of para-hydroxylation sites is 2. The van der Waals surface area contributed by atoms with E-state index in [0.29, 0.717) is 0 Å². The molecular formula is C11H12N4. The van der Waals surface area contributed by atoms with E-state index in [4.69, 9.17) is 5.84 Å². The summed E-state index contributed by atoms with van der Waals surface area (Å²) in [5.41, 5.74) is 3.27. The summed E-state index contributed by atoms with van der Waals surface area (Å²) in [7, 11) is 0. The molecule has 15 heavy (non-hydrogen) atoms. The van der Waals surface area contributed by atoms with Crippen LogP contribution in [0.2, 0.25) is 0 Å². The lowest BCUT2D eigenvalue weighted by Crippen LogP contribution is -2.06. The number of hydrogen-bond acceptors (Lipinski definition) is 4. The topological polar surface area (TPSA) is 64.2 Å². The van der Waals surface area contributed by atoms with Gasteiger partial charge in [0.1, 0.15) is 5.69 Å². The fraction of sp³-hybridized carbons (Fsp3) is 0.182. The SMILES string of the molecule is CC/C(=N/N)c1cnc2ccccc2n1. The van der Waals surface area contributed by atoms with Crippen molar-refractivity contribution in [3.8, 4) is 0 Å². The van der Waals surface area contributed by atoms with E-state index in [1.165, 1.54) is 0 Å². The Hall–Kier alpha value is -1.97. The highest BCUT2D eigenvalue weighted by molar-refractivity contribution is 5.99. The van der Waals surface area contributed by atoms with Crippen molar-refractivity contribution in [1.29, 1.82) is 0 Å². The Morgan fingerprint density at radius 1 is 1.33 bits per heavy atom. The van der Waals surface area contributed by atoms with Crippen molar-refractivity contribution in [2.75, 3.05) is 0 Å². The maximum atomic E-state index is 5.28. The second-order valence-electron chi connectivity index (χ2n) is 3.17. The zero-order chi connectivity index (χ0) is 10.7. The zero-order valence-electron chi connectivity index (χ0n) is 8.51. The van der Waals surface area contributed by atoms with Crippen molar-refractivity contribution in [2.24, 2.45) is 10.9 Å². The molecule has 76 valence electrons. The van der Waals surface area contributed by atoms with Crippen LogP contribution in [0.15, 0.2) is 35.6 Å². The molecule has 2 rings (SSSR count). The predicted octanol–water partition coefficient (Wildman–Crippen LogP) is 1.70. The highest BCUT2D eigenvalue weighted by Gasteiger charge is 2.04. The van der Waals surface area contributed by atoms with Gasteiger partial charge in [-0.25, -0.2) is 4.98 Å². The summed E-state index contributed by atoms with van der Waals surface area (Å²) < 4.78 is 0. The van der Waals surface area contributed by atoms with E-state index < -0.39 is 0 Å². The van der Waals surface area contributed by atoms with E-state index in [2.05, 4.69) is 15.1 Å². The minimum atomic E-state index is 0.749. The van der Waals surface area contributed by atoms with E-state index in [1.54, 1.807) is 6.20 Å². The molecule has 0 radical (unpaired) electrons. The van der Waals surface area contributed by atoms with Crippen molar-refractivity contribution in [3.63, 3.8) is 0 Å². The van der Waals surface area contributed by atoms with Crippen LogP contribution < -0.4 is 5.84 Å². The van der Waals surface area contributed by atoms with Gasteiger partial charge in [0.15, 0.2) is 0 Å². The maximum Gasteiger partial charge on any atom is 0.105 e. The molecule has 4 nitrogen and oxygen atoms in total. The number of hydrazone groups is 1. The second kappa shape index (κ2) is 4.04. The van der Waals surface area contributed by atoms with Gasteiger partial charge in [-0.15, -0.1) is 0 Å². The molecule has 0 amide bonds. The molecule has 0 aliphatic rings. The number of nitrogens with two attached hydrogens (primary N) is 1. The van der Waals surface area contributed by atoms with E-state index in [1.807, 2.05) is 31.2 Å². The summed E-state index contributed by atoms with van der Waals surface area (Å²) in [5.74, 6) is 5.28.